The van der Waals surface area contributed by atoms with Gasteiger partial charge in [-0.25, -0.2) is 0 Å². The Labute approximate surface area is 107 Å². The van der Waals surface area contributed by atoms with Gasteiger partial charge in [0.2, 0.25) is 0 Å². The molecule has 4 heteroatoms. The van der Waals surface area contributed by atoms with Crippen molar-refractivity contribution in [2.75, 3.05) is 19.8 Å². The lowest BCUT2D eigenvalue weighted by Gasteiger charge is -2.22. The summed E-state index contributed by atoms with van der Waals surface area (Å²) in [7, 11) is 0. The maximum absolute atomic E-state index is 9.66. The van der Waals surface area contributed by atoms with E-state index in [0.717, 1.165) is 25.3 Å². The molecule has 2 N–H and O–H groups in total. The van der Waals surface area contributed by atoms with Crippen molar-refractivity contribution < 1.29 is 14.9 Å². The number of rotatable bonds is 3. The lowest BCUT2D eigenvalue weighted by molar-refractivity contribution is 0.150. The smallest absolute Gasteiger partial charge is 0.122 e. The van der Waals surface area contributed by atoms with E-state index in [2.05, 4.69) is 17.0 Å². The van der Waals surface area contributed by atoms with Crippen LogP contribution in [-0.4, -0.2) is 47.0 Å². The highest BCUT2D eigenvalue weighted by Gasteiger charge is 2.30. The molecule has 2 heterocycles. The summed E-state index contributed by atoms with van der Waals surface area (Å²) in [5.74, 6) is 0.999. The van der Waals surface area contributed by atoms with Gasteiger partial charge in [0, 0.05) is 25.6 Å². The van der Waals surface area contributed by atoms with Crippen LogP contribution in [-0.2, 0) is 13.0 Å². The summed E-state index contributed by atoms with van der Waals surface area (Å²) in [5, 5.41) is 19.0. The van der Waals surface area contributed by atoms with Crippen molar-refractivity contribution in [1.82, 2.24) is 4.90 Å². The zero-order valence-corrected chi connectivity index (χ0v) is 10.4. The summed E-state index contributed by atoms with van der Waals surface area (Å²) in [6, 6.07) is 6.37. The molecule has 0 aromatic heterocycles. The summed E-state index contributed by atoms with van der Waals surface area (Å²) in [6.45, 7) is 2.33. The SMILES string of the molecule is OC[C@@H]1C[C@@H](O)CN1Cc1ccc2c(c1)CCO2. The van der Waals surface area contributed by atoms with Crippen molar-refractivity contribution in [3.05, 3.63) is 29.3 Å². The molecule has 0 saturated carbocycles. The van der Waals surface area contributed by atoms with Crippen molar-refractivity contribution in [3.8, 4) is 5.75 Å². The molecule has 0 unspecified atom stereocenters. The number of likely N-dealkylation sites (tertiary alicyclic amines) is 1. The molecule has 2 aliphatic rings. The molecule has 2 atom stereocenters. The first-order valence-electron chi connectivity index (χ1n) is 6.54. The molecular weight excluding hydrogens is 230 g/mol. The van der Waals surface area contributed by atoms with Gasteiger partial charge in [-0.05, 0) is 23.6 Å². The molecule has 0 spiro atoms. The Balaban J connectivity index is 1.72. The van der Waals surface area contributed by atoms with Gasteiger partial charge in [-0.1, -0.05) is 12.1 Å². The zero-order valence-electron chi connectivity index (χ0n) is 10.4. The Morgan fingerprint density at radius 3 is 3.11 bits per heavy atom. The summed E-state index contributed by atoms with van der Waals surface area (Å²) in [6.07, 6.45) is 1.35. The largest absolute Gasteiger partial charge is 0.493 e. The van der Waals surface area contributed by atoms with Gasteiger partial charge in [0.05, 0.1) is 19.3 Å². The average Bonchev–Trinajstić information content (AvgIpc) is 2.95. The van der Waals surface area contributed by atoms with E-state index in [0.29, 0.717) is 13.0 Å². The van der Waals surface area contributed by atoms with Crippen LogP contribution in [0.4, 0.5) is 0 Å². The lowest BCUT2D eigenvalue weighted by atomic mass is 10.1. The Bertz CT molecular complexity index is 435. The summed E-state index contributed by atoms with van der Waals surface area (Å²) in [5.41, 5.74) is 2.50. The second-order valence-electron chi connectivity index (χ2n) is 5.20. The van der Waals surface area contributed by atoms with Crippen molar-refractivity contribution in [2.24, 2.45) is 0 Å². The fourth-order valence-electron chi connectivity index (χ4n) is 2.91. The molecule has 1 fully saturated rings. The van der Waals surface area contributed by atoms with E-state index < -0.39 is 0 Å². The van der Waals surface area contributed by atoms with Crippen molar-refractivity contribution in [2.45, 2.75) is 31.5 Å². The molecule has 98 valence electrons. The van der Waals surface area contributed by atoms with E-state index in [-0.39, 0.29) is 18.8 Å². The summed E-state index contributed by atoms with van der Waals surface area (Å²) in [4.78, 5) is 2.15. The molecule has 0 aliphatic carbocycles. The number of hydrogen-bond acceptors (Lipinski definition) is 4. The van der Waals surface area contributed by atoms with Crippen molar-refractivity contribution in [1.29, 1.82) is 0 Å². The second-order valence-corrected chi connectivity index (χ2v) is 5.20. The highest BCUT2D eigenvalue weighted by atomic mass is 16.5. The Kier molecular flexibility index (Phi) is 3.24. The van der Waals surface area contributed by atoms with Crippen LogP contribution in [0.3, 0.4) is 0 Å². The maximum atomic E-state index is 9.66. The van der Waals surface area contributed by atoms with E-state index >= 15 is 0 Å². The minimum atomic E-state index is -0.306. The number of fused-ring (bicyclic) bond motifs is 1. The van der Waals surface area contributed by atoms with Crippen LogP contribution in [0.5, 0.6) is 5.75 Å². The molecule has 0 radical (unpaired) electrons. The monoisotopic (exact) mass is 249 g/mol. The number of nitrogens with zero attached hydrogens (tertiary/aromatic N) is 1. The highest BCUT2D eigenvalue weighted by Crippen LogP contribution is 2.27. The van der Waals surface area contributed by atoms with Gasteiger partial charge in [-0.3, -0.25) is 4.90 Å². The first-order valence-corrected chi connectivity index (χ1v) is 6.54. The topological polar surface area (TPSA) is 52.9 Å². The van der Waals surface area contributed by atoms with Gasteiger partial charge in [0.1, 0.15) is 5.75 Å². The predicted molar refractivity (Wildman–Crippen MR) is 67.5 cm³/mol. The number of hydrogen-bond donors (Lipinski definition) is 2. The quantitative estimate of drug-likeness (QED) is 0.821. The number of aliphatic hydroxyl groups excluding tert-OH is 2. The highest BCUT2D eigenvalue weighted by molar-refractivity contribution is 5.39. The number of benzene rings is 1. The molecular formula is C14H19NO3. The Hall–Kier alpha value is -1.10. The molecule has 3 rings (SSSR count). The van der Waals surface area contributed by atoms with E-state index in [1.54, 1.807) is 0 Å². The van der Waals surface area contributed by atoms with E-state index in [4.69, 9.17) is 4.74 Å². The molecule has 1 aromatic carbocycles. The predicted octanol–water partition coefficient (Wildman–Crippen LogP) is 0.549. The zero-order chi connectivity index (χ0) is 12.5. The lowest BCUT2D eigenvalue weighted by Crippen LogP contribution is -2.31. The van der Waals surface area contributed by atoms with E-state index in [1.165, 1.54) is 11.1 Å². The first-order chi connectivity index (χ1) is 8.76. The third-order valence-electron chi connectivity index (χ3n) is 3.86. The van der Waals surface area contributed by atoms with Crippen LogP contribution >= 0.6 is 0 Å². The van der Waals surface area contributed by atoms with Gasteiger partial charge in [-0.15, -0.1) is 0 Å². The van der Waals surface area contributed by atoms with Crippen molar-refractivity contribution >= 4 is 0 Å². The van der Waals surface area contributed by atoms with Gasteiger partial charge >= 0.3 is 0 Å². The van der Waals surface area contributed by atoms with Crippen LogP contribution in [0.15, 0.2) is 18.2 Å². The minimum absolute atomic E-state index is 0.0875. The number of β-amino-alcohol motifs (C(OH)–C–C–N with tert-alkyl or cyclic N) is 1. The van der Waals surface area contributed by atoms with Crippen LogP contribution < -0.4 is 4.74 Å². The first kappa shape index (κ1) is 12.0. The summed E-state index contributed by atoms with van der Waals surface area (Å²) < 4.78 is 5.49. The van der Waals surface area contributed by atoms with E-state index in [9.17, 15) is 10.2 Å². The third-order valence-corrected chi connectivity index (χ3v) is 3.86. The minimum Gasteiger partial charge on any atom is -0.493 e. The van der Waals surface area contributed by atoms with Crippen LogP contribution in [0.2, 0.25) is 0 Å². The standard InChI is InChI=1S/C14H19NO3/c16-9-12-6-13(17)8-15(12)7-10-1-2-14-11(5-10)3-4-18-14/h1-2,5,12-13,16-17H,3-4,6-9H2/t12-,13+/m0/s1. The molecule has 18 heavy (non-hydrogen) atoms. The number of aliphatic hydroxyl groups is 2. The third kappa shape index (κ3) is 2.23. The summed E-state index contributed by atoms with van der Waals surface area (Å²) >= 11 is 0. The van der Waals surface area contributed by atoms with E-state index in [1.807, 2.05) is 6.07 Å². The molecule has 0 bridgehead atoms. The fraction of sp³-hybridized carbons (Fsp3) is 0.571. The maximum Gasteiger partial charge on any atom is 0.122 e. The van der Waals surface area contributed by atoms with Gasteiger partial charge in [-0.2, -0.15) is 0 Å². The Morgan fingerprint density at radius 2 is 2.28 bits per heavy atom. The normalized spacial score (nSPS) is 27.2. The average molecular weight is 249 g/mol. The molecule has 1 aromatic rings. The molecule has 2 aliphatic heterocycles. The Morgan fingerprint density at radius 1 is 1.39 bits per heavy atom. The molecule has 1 saturated heterocycles. The van der Waals surface area contributed by atoms with Crippen molar-refractivity contribution in [3.63, 3.8) is 0 Å². The number of ether oxygens (including phenoxy) is 1. The molecule has 4 nitrogen and oxygen atoms in total. The molecule has 0 amide bonds. The van der Waals surface area contributed by atoms with Crippen LogP contribution in [0, 0.1) is 0 Å². The van der Waals surface area contributed by atoms with Gasteiger partial charge in [0.15, 0.2) is 0 Å². The van der Waals surface area contributed by atoms with Gasteiger partial charge < -0.3 is 14.9 Å². The fourth-order valence-corrected chi connectivity index (χ4v) is 2.91. The van der Waals surface area contributed by atoms with Crippen LogP contribution in [0.25, 0.3) is 0 Å². The second kappa shape index (κ2) is 4.88. The van der Waals surface area contributed by atoms with Crippen LogP contribution in [0.1, 0.15) is 17.5 Å². The van der Waals surface area contributed by atoms with Gasteiger partial charge in [0.25, 0.3) is 0 Å².